The van der Waals surface area contributed by atoms with E-state index in [-0.39, 0.29) is 23.7 Å². The molecule has 0 radical (unpaired) electrons. The predicted molar refractivity (Wildman–Crippen MR) is 83.1 cm³/mol. The number of nitrogens with one attached hydrogen (secondary N) is 1. The van der Waals surface area contributed by atoms with Crippen LogP contribution in [0.5, 0.6) is 0 Å². The Morgan fingerprint density at radius 2 is 1.50 bits per heavy atom. The summed E-state index contributed by atoms with van der Waals surface area (Å²) in [5.41, 5.74) is 0. The number of likely N-dealkylation sites (tertiary alicyclic amines) is 1. The van der Waals surface area contributed by atoms with E-state index in [2.05, 4.69) is 10.2 Å². The third-order valence-electron chi connectivity index (χ3n) is 6.33. The average Bonchev–Trinajstić information content (AvgIpc) is 3.21. The van der Waals surface area contributed by atoms with E-state index in [1.165, 1.54) is 12.8 Å². The number of nitrogens with zero attached hydrogens (tertiary/aromatic N) is 2. The number of carbonyl (C=O) groups is 2. The summed E-state index contributed by atoms with van der Waals surface area (Å²) in [6.07, 6.45) is 5.50. The van der Waals surface area contributed by atoms with Gasteiger partial charge in [-0.15, -0.1) is 0 Å². The van der Waals surface area contributed by atoms with E-state index in [1.54, 1.807) is 4.90 Å². The lowest BCUT2D eigenvalue weighted by atomic mass is 9.81. The molecular formula is C17H27N3O2. The maximum absolute atomic E-state index is 12.6. The van der Waals surface area contributed by atoms with Crippen molar-refractivity contribution in [3.05, 3.63) is 0 Å². The van der Waals surface area contributed by atoms with Crippen molar-refractivity contribution in [2.45, 2.75) is 32.1 Å². The van der Waals surface area contributed by atoms with Crippen LogP contribution in [0.2, 0.25) is 0 Å². The van der Waals surface area contributed by atoms with Crippen molar-refractivity contribution in [1.82, 2.24) is 15.1 Å². The molecule has 1 N–H and O–H groups in total. The standard InChI is InChI=1S/C17H27N3O2/c21-16-14-12-3-4-13(11-12)15(14)17(22)20(16)8-2-1-7-19-9-5-18-6-10-19/h12-15,18H,1-11H2/t12-,13+,14+,15-. The topological polar surface area (TPSA) is 52.7 Å². The molecule has 2 heterocycles. The van der Waals surface area contributed by atoms with Crippen LogP contribution in [0.3, 0.4) is 0 Å². The van der Waals surface area contributed by atoms with Crippen molar-refractivity contribution in [1.29, 1.82) is 0 Å². The lowest BCUT2D eigenvalue weighted by molar-refractivity contribution is -0.140. The summed E-state index contributed by atoms with van der Waals surface area (Å²) >= 11 is 0. The predicted octanol–water partition coefficient (Wildman–Crippen LogP) is 0.703. The summed E-state index contributed by atoms with van der Waals surface area (Å²) in [7, 11) is 0. The molecule has 0 aromatic heterocycles. The van der Waals surface area contributed by atoms with Crippen molar-refractivity contribution in [3.8, 4) is 0 Å². The van der Waals surface area contributed by atoms with E-state index in [0.29, 0.717) is 18.4 Å². The van der Waals surface area contributed by atoms with Gasteiger partial charge in [0, 0.05) is 32.7 Å². The molecule has 4 aliphatic rings. The highest BCUT2D eigenvalue weighted by molar-refractivity contribution is 6.06. The van der Waals surface area contributed by atoms with Gasteiger partial charge in [-0.1, -0.05) is 0 Å². The third kappa shape index (κ3) is 2.38. The number of hydrogen-bond acceptors (Lipinski definition) is 4. The Bertz CT molecular complexity index is 433. The Morgan fingerprint density at radius 3 is 2.14 bits per heavy atom. The highest BCUT2D eigenvalue weighted by Crippen LogP contribution is 2.56. The van der Waals surface area contributed by atoms with Gasteiger partial charge in [-0.05, 0) is 50.5 Å². The number of imide groups is 1. The molecule has 0 aromatic carbocycles. The summed E-state index contributed by atoms with van der Waals surface area (Å²) in [4.78, 5) is 29.2. The Kier molecular flexibility index (Phi) is 3.95. The molecular weight excluding hydrogens is 278 g/mol. The van der Waals surface area contributed by atoms with E-state index in [1.807, 2.05) is 0 Å². The van der Waals surface area contributed by atoms with Crippen LogP contribution in [0.25, 0.3) is 0 Å². The van der Waals surface area contributed by atoms with Crippen molar-refractivity contribution >= 4 is 11.8 Å². The largest absolute Gasteiger partial charge is 0.314 e. The first kappa shape index (κ1) is 14.6. The zero-order valence-electron chi connectivity index (χ0n) is 13.3. The van der Waals surface area contributed by atoms with Crippen LogP contribution in [0, 0.1) is 23.7 Å². The first-order valence-electron chi connectivity index (χ1n) is 9.04. The van der Waals surface area contributed by atoms with Gasteiger partial charge in [0.2, 0.25) is 11.8 Å². The number of rotatable bonds is 5. The number of carbonyl (C=O) groups excluding carboxylic acids is 2. The second-order valence-electron chi connectivity index (χ2n) is 7.51. The molecule has 5 nitrogen and oxygen atoms in total. The Hall–Kier alpha value is -0.940. The lowest BCUT2D eigenvalue weighted by Crippen LogP contribution is -2.43. The fraction of sp³-hybridized carbons (Fsp3) is 0.882. The van der Waals surface area contributed by atoms with Gasteiger partial charge in [0.1, 0.15) is 0 Å². The van der Waals surface area contributed by atoms with Crippen LogP contribution >= 0.6 is 0 Å². The molecule has 2 amide bonds. The molecule has 122 valence electrons. The minimum absolute atomic E-state index is 0.0550. The van der Waals surface area contributed by atoms with Crippen LogP contribution in [-0.4, -0.2) is 60.9 Å². The highest BCUT2D eigenvalue weighted by atomic mass is 16.2. The molecule has 4 atom stereocenters. The lowest BCUT2D eigenvalue weighted by Gasteiger charge is -2.27. The van der Waals surface area contributed by atoms with Crippen molar-refractivity contribution < 1.29 is 9.59 Å². The number of fused-ring (bicyclic) bond motifs is 5. The fourth-order valence-electron chi connectivity index (χ4n) is 5.23. The van der Waals surface area contributed by atoms with E-state index in [9.17, 15) is 9.59 Å². The first-order valence-corrected chi connectivity index (χ1v) is 9.04. The van der Waals surface area contributed by atoms with Crippen molar-refractivity contribution in [2.75, 3.05) is 39.3 Å². The normalized spacial score (nSPS) is 38.1. The minimum atomic E-state index is 0.0550. The molecule has 2 saturated heterocycles. The zero-order valence-corrected chi connectivity index (χ0v) is 13.3. The molecule has 4 rings (SSSR count). The Balaban J connectivity index is 1.27. The minimum Gasteiger partial charge on any atom is -0.314 e. The molecule has 2 bridgehead atoms. The maximum atomic E-state index is 12.6. The van der Waals surface area contributed by atoms with Crippen LogP contribution in [0.4, 0.5) is 0 Å². The Labute approximate surface area is 132 Å². The number of amides is 2. The third-order valence-corrected chi connectivity index (χ3v) is 6.33. The molecule has 22 heavy (non-hydrogen) atoms. The zero-order chi connectivity index (χ0) is 15.1. The molecule has 2 saturated carbocycles. The average molecular weight is 305 g/mol. The van der Waals surface area contributed by atoms with E-state index in [4.69, 9.17) is 0 Å². The van der Waals surface area contributed by atoms with Gasteiger partial charge in [-0.2, -0.15) is 0 Å². The first-order chi connectivity index (χ1) is 10.8. The van der Waals surface area contributed by atoms with Crippen molar-refractivity contribution in [2.24, 2.45) is 23.7 Å². The molecule has 5 heteroatoms. The number of hydrogen-bond donors (Lipinski definition) is 1. The van der Waals surface area contributed by atoms with Crippen LogP contribution in [0.15, 0.2) is 0 Å². The van der Waals surface area contributed by atoms with Gasteiger partial charge in [0.05, 0.1) is 11.8 Å². The van der Waals surface area contributed by atoms with Gasteiger partial charge in [-0.3, -0.25) is 14.5 Å². The van der Waals surface area contributed by atoms with E-state index < -0.39 is 0 Å². The summed E-state index contributed by atoms with van der Waals surface area (Å²) in [5, 5.41) is 3.36. The van der Waals surface area contributed by atoms with Crippen LogP contribution in [0.1, 0.15) is 32.1 Å². The molecule has 0 unspecified atom stereocenters. The van der Waals surface area contributed by atoms with Crippen LogP contribution in [-0.2, 0) is 9.59 Å². The van der Waals surface area contributed by atoms with Gasteiger partial charge in [-0.25, -0.2) is 0 Å². The van der Waals surface area contributed by atoms with Crippen molar-refractivity contribution in [3.63, 3.8) is 0 Å². The van der Waals surface area contributed by atoms with Crippen LogP contribution < -0.4 is 5.32 Å². The highest BCUT2D eigenvalue weighted by Gasteiger charge is 2.60. The van der Waals surface area contributed by atoms with E-state index in [0.717, 1.165) is 52.0 Å². The second-order valence-corrected chi connectivity index (χ2v) is 7.51. The summed E-state index contributed by atoms with van der Waals surface area (Å²) in [6, 6.07) is 0. The quantitative estimate of drug-likeness (QED) is 0.600. The number of piperazine rings is 1. The molecule has 2 aliphatic carbocycles. The summed E-state index contributed by atoms with van der Waals surface area (Å²) in [5.74, 6) is 1.45. The molecule has 2 aliphatic heterocycles. The Morgan fingerprint density at radius 1 is 0.909 bits per heavy atom. The monoisotopic (exact) mass is 305 g/mol. The van der Waals surface area contributed by atoms with E-state index >= 15 is 0 Å². The molecule has 0 spiro atoms. The van der Waals surface area contributed by atoms with Gasteiger partial charge >= 0.3 is 0 Å². The van der Waals surface area contributed by atoms with Gasteiger partial charge in [0.15, 0.2) is 0 Å². The summed E-state index contributed by atoms with van der Waals surface area (Å²) < 4.78 is 0. The fourth-order valence-corrected chi connectivity index (χ4v) is 5.23. The molecule has 0 aromatic rings. The van der Waals surface area contributed by atoms with Gasteiger partial charge in [0.25, 0.3) is 0 Å². The van der Waals surface area contributed by atoms with Gasteiger partial charge < -0.3 is 10.2 Å². The molecule has 4 fully saturated rings. The second kappa shape index (κ2) is 5.93. The SMILES string of the molecule is O=C1[C@@H]2[C@H]3CC[C@H](C3)[C@@H]2C(=O)N1CCCCN1CCNCC1. The smallest absolute Gasteiger partial charge is 0.233 e. The maximum Gasteiger partial charge on any atom is 0.233 e. The number of unbranched alkanes of at least 4 members (excludes halogenated alkanes) is 1. The summed E-state index contributed by atoms with van der Waals surface area (Å²) in [6.45, 7) is 6.14.